The number of tetrazole rings is 1. The predicted octanol–water partition coefficient (Wildman–Crippen LogP) is -0.279. The van der Waals surface area contributed by atoms with Crippen LogP contribution in [0.4, 0.5) is 0 Å². The molecule has 0 aromatic carbocycles. The average molecular weight is 180 g/mol. The lowest BCUT2D eigenvalue weighted by atomic mass is 10.6. The fourth-order valence-corrected chi connectivity index (χ4v) is 0.925. The molecule has 0 fully saturated rings. The molecule has 0 aliphatic rings. The molecule has 2 rings (SSSR count). The fourth-order valence-electron chi connectivity index (χ4n) is 0.925. The van der Waals surface area contributed by atoms with E-state index in [0.717, 1.165) is 5.82 Å². The molecule has 0 saturated heterocycles. The van der Waals surface area contributed by atoms with Gasteiger partial charge in [-0.3, -0.25) is 0 Å². The predicted molar refractivity (Wildman–Crippen MR) is 40.7 cm³/mol. The summed E-state index contributed by atoms with van der Waals surface area (Å²) in [5.74, 6) is 1.77. The topological polar surface area (TPSA) is 82.5 Å². The van der Waals surface area contributed by atoms with Crippen LogP contribution in [-0.4, -0.2) is 30.4 Å². The maximum absolute atomic E-state index is 5.17. The monoisotopic (exact) mass is 180 g/mol. The molecule has 0 atom stereocenters. The maximum Gasteiger partial charge on any atom is 0.238 e. The summed E-state index contributed by atoms with van der Waals surface area (Å²) in [5.41, 5.74) is 0. The first-order valence-corrected chi connectivity index (χ1v) is 3.77. The first-order chi connectivity index (χ1) is 6.25. The minimum atomic E-state index is 0.416. The van der Waals surface area contributed by atoms with Crippen molar-refractivity contribution in [1.29, 1.82) is 0 Å². The second-order valence-corrected chi connectivity index (χ2v) is 2.60. The zero-order valence-corrected chi connectivity index (χ0v) is 7.30. The molecule has 0 radical (unpaired) electrons. The lowest BCUT2D eigenvalue weighted by molar-refractivity contribution is 0.438. The van der Waals surface area contributed by atoms with Gasteiger partial charge in [0.2, 0.25) is 11.8 Å². The molecular formula is C6H8N6O. The third-order valence-corrected chi connectivity index (χ3v) is 1.56. The van der Waals surface area contributed by atoms with E-state index in [2.05, 4.69) is 25.7 Å². The number of aryl methyl sites for hydroxylation is 2. The number of hydrogen-bond acceptors (Lipinski definition) is 6. The molecule has 13 heavy (non-hydrogen) atoms. The van der Waals surface area contributed by atoms with E-state index < -0.39 is 0 Å². The number of nitrogens with zero attached hydrogens (tertiary/aromatic N) is 6. The molecule has 2 aromatic heterocycles. The SMILES string of the molecule is Cc1nnc(Cn2nnnc2C)o1. The second-order valence-electron chi connectivity index (χ2n) is 2.60. The van der Waals surface area contributed by atoms with E-state index in [1.807, 2.05) is 6.92 Å². The Morgan fingerprint density at radius 2 is 2.08 bits per heavy atom. The molecular weight excluding hydrogens is 172 g/mol. The average Bonchev–Trinajstić information content (AvgIpc) is 2.64. The van der Waals surface area contributed by atoms with Gasteiger partial charge in [0.15, 0.2) is 0 Å². The highest BCUT2D eigenvalue weighted by molar-refractivity contribution is 4.83. The summed E-state index contributed by atoms with van der Waals surface area (Å²) < 4.78 is 6.76. The van der Waals surface area contributed by atoms with Gasteiger partial charge in [-0.15, -0.1) is 15.3 Å². The van der Waals surface area contributed by atoms with Gasteiger partial charge in [-0.1, -0.05) is 0 Å². The van der Waals surface area contributed by atoms with E-state index in [4.69, 9.17) is 4.42 Å². The van der Waals surface area contributed by atoms with Crippen LogP contribution in [-0.2, 0) is 6.54 Å². The third-order valence-electron chi connectivity index (χ3n) is 1.56. The van der Waals surface area contributed by atoms with Crippen LogP contribution in [0.1, 0.15) is 17.6 Å². The summed E-state index contributed by atoms with van der Waals surface area (Å²) >= 11 is 0. The summed E-state index contributed by atoms with van der Waals surface area (Å²) in [4.78, 5) is 0. The normalized spacial score (nSPS) is 10.6. The fraction of sp³-hybridized carbons (Fsp3) is 0.500. The first-order valence-electron chi connectivity index (χ1n) is 3.77. The van der Waals surface area contributed by atoms with Gasteiger partial charge >= 0.3 is 0 Å². The van der Waals surface area contributed by atoms with Crippen LogP contribution in [0.5, 0.6) is 0 Å². The van der Waals surface area contributed by atoms with Crippen molar-refractivity contribution in [2.24, 2.45) is 0 Å². The molecule has 2 heterocycles. The summed E-state index contributed by atoms with van der Waals surface area (Å²) in [7, 11) is 0. The van der Waals surface area contributed by atoms with Crippen LogP contribution >= 0.6 is 0 Å². The van der Waals surface area contributed by atoms with Crippen molar-refractivity contribution < 1.29 is 4.42 Å². The van der Waals surface area contributed by atoms with Gasteiger partial charge in [0.05, 0.1) is 0 Å². The highest BCUT2D eigenvalue weighted by atomic mass is 16.4. The molecule has 0 N–H and O–H groups in total. The molecule has 0 saturated carbocycles. The Morgan fingerprint density at radius 1 is 1.23 bits per heavy atom. The van der Waals surface area contributed by atoms with Crippen LogP contribution in [0.15, 0.2) is 4.42 Å². The zero-order valence-electron chi connectivity index (χ0n) is 7.30. The van der Waals surface area contributed by atoms with E-state index in [1.165, 1.54) is 0 Å². The Kier molecular flexibility index (Phi) is 1.76. The standard InChI is InChI=1S/C6H8N6O/c1-4-7-10-11-12(4)3-6-9-8-5(2)13-6/h3H2,1-2H3. The molecule has 7 heteroatoms. The molecule has 0 bridgehead atoms. The second kappa shape index (κ2) is 2.92. The summed E-state index contributed by atoms with van der Waals surface area (Å²) in [5, 5.41) is 18.5. The van der Waals surface area contributed by atoms with Gasteiger partial charge in [0, 0.05) is 6.92 Å². The number of aromatic nitrogens is 6. The van der Waals surface area contributed by atoms with Crippen molar-refractivity contribution in [2.45, 2.75) is 20.4 Å². The first kappa shape index (κ1) is 7.84. The lowest BCUT2D eigenvalue weighted by Gasteiger charge is -1.94. The van der Waals surface area contributed by atoms with Crippen molar-refractivity contribution in [1.82, 2.24) is 30.4 Å². The molecule has 0 spiro atoms. The Balaban J connectivity index is 2.19. The highest BCUT2D eigenvalue weighted by Crippen LogP contribution is 2.00. The van der Waals surface area contributed by atoms with Gasteiger partial charge in [0.1, 0.15) is 12.4 Å². The van der Waals surface area contributed by atoms with Gasteiger partial charge < -0.3 is 4.42 Å². The van der Waals surface area contributed by atoms with E-state index in [1.54, 1.807) is 11.6 Å². The largest absolute Gasteiger partial charge is 0.424 e. The number of rotatable bonds is 2. The van der Waals surface area contributed by atoms with Crippen molar-refractivity contribution in [2.75, 3.05) is 0 Å². The molecule has 0 unspecified atom stereocenters. The van der Waals surface area contributed by atoms with E-state index in [9.17, 15) is 0 Å². The Labute approximate surface area is 73.8 Å². The number of hydrogen-bond donors (Lipinski definition) is 0. The highest BCUT2D eigenvalue weighted by Gasteiger charge is 2.06. The van der Waals surface area contributed by atoms with Gasteiger partial charge in [-0.25, -0.2) is 4.68 Å². The van der Waals surface area contributed by atoms with E-state index in [-0.39, 0.29) is 0 Å². The Bertz CT molecular complexity index is 405. The molecule has 0 aliphatic carbocycles. The summed E-state index contributed by atoms with van der Waals surface area (Å²) in [6, 6.07) is 0. The van der Waals surface area contributed by atoms with Crippen LogP contribution in [0.2, 0.25) is 0 Å². The molecule has 0 amide bonds. The molecule has 2 aromatic rings. The van der Waals surface area contributed by atoms with Crippen molar-refractivity contribution in [3.05, 3.63) is 17.6 Å². The zero-order chi connectivity index (χ0) is 9.26. The maximum atomic E-state index is 5.17. The van der Waals surface area contributed by atoms with Crippen LogP contribution < -0.4 is 0 Å². The van der Waals surface area contributed by atoms with Gasteiger partial charge in [-0.05, 0) is 17.4 Å². The quantitative estimate of drug-likeness (QED) is 0.632. The van der Waals surface area contributed by atoms with Gasteiger partial charge in [-0.2, -0.15) is 0 Å². The van der Waals surface area contributed by atoms with Crippen molar-refractivity contribution in [3.8, 4) is 0 Å². The molecule has 7 nitrogen and oxygen atoms in total. The molecule has 68 valence electrons. The van der Waals surface area contributed by atoms with E-state index in [0.29, 0.717) is 18.3 Å². The van der Waals surface area contributed by atoms with Crippen LogP contribution in [0, 0.1) is 13.8 Å². The summed E-state index contributed by atoms with van der Waals surface area (Å²) in [6.45, 7) is 3.96. The lowest BCUT2D eigenvalue weighted by Crippen LogP contribution is -2.04. The van der Waals surface area contributed by atoms with E-state index >= 15 is 0 Å². The Hall–Kier alpha value is -1.79. The molecule has 0 aliphatic heterocycles. The van der Waals surface area contributed by atoms with Gasteiger partial charge in [0.25, 0.3) is 0 Å². The third kappa shape index (κ3) is 1.53. The van der Waals surface area contributed by atoms with Crippen LogP contribution in [0.25, 0.3) is 0 Å². The smallest absolute Gasteiger partial charge is 0.238 e. The van der Waals surface area contributed by atoms with Crippen LogP contribution in [0.3, 0.4) is 0 Å². The minimum absolute atomic E-state index is 0.416. The Morgan fingerprint density at radius 3 is 2.62 bits per heavy atom. The minimum Gasteiger partial charge on any atom is -0.424 e. The van der Waals surface area contributed by atoms with Crippen molar-refractivity contribution in [3.63, 3.8) is 0 Å². The van der Waals surface area contributed by atoms with Crippen molar-refractivity contribution >= 4 is 0 Å². The summed E-state index contributed by atoms with van der Waals surface area (Å²) in [6.07, 6.45) is 0.